The SMILES string of the molecule is CC1(Cc2cc(F)cc(F)c2)C(=O)Nc2c(-c3ccncc3)cc(-c3cccc(C(F)(F)F)c3)cc21. The van der Waals surface area contributed by atoms with Gasteiger partial charge in [-0.3, -0.25) is 9.78 Å². The van der Waals surface area contributed by atoms with Crippen LogP contribution in [0.15, 0.2) is 79.1 Å². The maximum Gasteiger partial charge on any atom is 0.416 e. The Hall–Kier alpha value is -4.07. The number of pyridine rings is 1. The van der Waals surface area contributed by atoms with Crippen molar-refractivity contribution in [3.8, 4) is 22.3 Å². The Bertz CT molecular complexity index is 1460. The number of benzene rings is 3. The van der Waals surface area contributed by atoms with E-state index in [0.717, 1.165) is 18.2 Å². The van der Waals surface area contributed by atoms with E-state index in [9.17, 15) is 26.7 Å². The molecule has 0 saturated heterocycles. The van der Waals surface area contributed by atoms with Crippen molar-refractivity contribution >= 4 is 11.6 Å². The number of aromatic nitrogens is 1. The molecule has 4 aromatic rings. The fourth-order valence-corrected chi connectivity index (χ4v) is 4.68. The van der Waals surface area contributed by atoms with Crippen LogP contribution in [0.25, 0.3) is 22.3 Å². The molecule has 1 N–H and O–H groups in total. The fraction of sp³-hybridized carbons (Fsp3) is 0.143. The molecule has 1 aliphatic heterocycles. The third-order valence-corrected chi connectivity index (χ3v) is 6.47. The molecular weight excluding hydrogens is 475 g/mol. The lowest BCUT2D eigenvalue weighted by Gasteiger charge is -2.24. The molecule has 0 radical (unpaired) electrons. The predicted molar refractivity (Wildman–Crippen MR) is 126 cm³/mol. The quantitative estimate of drug-likeness (QED) is 0.306. The normalized spacial score (nSPS) is 17.1. The Labute approximate surface area is 203 Å². The lowest BCUT2D eigenvalue weighted by Crippen LogP contribution is -2.33. The van der Waals surface area contributed by atoms with Crippen molar-refractivity contribution in [2.45, 2.75) is 24.9 Å². The first-order valence-corrected chi connectivity index (χ1v) is 11.1. The molecule has 1 aliphatic rings. The molecule has 0 saturated carbocycles. The number of anilines is 1. The first-order chi connectivity index (χ1) is 17.0. The minimum atomic E-state index is -4.52. The van der Waals surface area contributed by atoms with Gasteiger partial charge < -0.3 is 5.32 Å². The average molecular weight is 494 g/mol. The highest BCUT2D eigenvalue weighted by Crippen LogP contribution is 2.47. The third kappa shape index (κ3) is 4.23. The molecule has 0 bridgehead atoms. The maximum atomic E-state index is 13.9. The standard InChI is InChI=1S/C28H19F5N2O/c1-27(15-16-9-21(29)14-22(30)10-16)24-13-19(18-3-2-4-20(11-18)28(31,32)33)12-23(25(24)35-26(27)36)17-5-7-34-8-6-17/h2-14H,15H2,1H3,(H,35,36). The number of nitrogens with zero attached hydrogens (tertiary/aromatic N) is 1. The second-order valence-electron chi connectivity index (χ2n) is 9.00. The van der Waals surface area contributed by atoms with Crippen molar-refractivity contribution in [1.29, 1.82) is 0 Å². The van der Waals surface area contributed by atoms with E-state index in [4.69, 9.17) is 0 Å². The van der Waals surface area contributed by atoms with Crippen LogP contribution in [0.2, 0.25) is 0 Å². The Kier molecular flexibility index (Phi) is 5.62. The highest BCUT2D eigenvalue weighted by Gasteiger charge is 2.44. The third-order valence-electron chi connectivity index (χ3n) is 6.47. The lowest BCUT2D eigenvalue weighted by molar-refractivity contribution is -0.137. The summed E-state index contributed by atoms with van der Waals surface area (Å²) in [6.07, 6.45) is -1.38. The zero-order chi connectivity index (χ0) is 25.7. The monoisotopic (exact) mass is 494 g/mol. The average Bonchev–Trinajstić information content (AvgIpc) is 3.07. The number of hydrogen-bond donors (Lipinski definition) is 1. The van der Waals surface area contributed by atoms with Crippen LogP contribution < -0.4 is 5.32 Å². The summed E-state index contributed by atoms with van der Waals surface area (Å²) in [5.74, 6) is -1.90. The van der Waals surface area contributed by atoms with E-state index >= 15 is 0 Å². The first-order valence-electron chi connectivity index (χ1n) is 11.1. The Morgan fingerprint density at radius 3 is 2.22 bits per heavy atom. The smallest absolute Gasteiger partial charge is 0.324 e. The summed E-state index contributed by atoms with van der Waals surface area (Å²) in [5.41, 5.74) is 1.39. The van der Waals surface area contributed by atoms with Crippen LogP contribution in [-0.4, -0.2) is 10.9 Å². The summed E-state index contributed by atoms with van der Waals surface area (Å²) in [4.78, 5) is 17.3. The summed E-state index contributed by atoms with van der Waals surface area (Å²) in [7, 11) is 0. The van der Waals surface area contributed by atoms with Gasteiger partial charge in [0.15, 0.2) is 0 Å². The van der Waals surface area contributed by atoms with Gasteiger partial charge in [-0.1, -0.05) is 12.1 Å². The van der Waals surface area contributed by atoms with Crippen molar-refractivity contribution in [2.75, 3.05) is 5.32 Å². The van der Waals surface area contributed by atoms with Crippen LogP contribution in [0.1, 0.15) is 23.6 Å². The van der Waals surface area contributed by atoms with Gasteiger partial charge in [0.1, 0.15) is 11.6 Å². The van der Waals surface area contributed by atoms with E-state index in [1.165, 1.54) is 18.2 Å². The van der Waals surface area contributed by atoms with Crippen LogP contribution in [-0.2, 0) is 22.8 Å². The van der Waals surface area contributed by atoms with Crippen molar-refractivity contribution in [2.24, 2.45) is 0 Å². The summed E-state index contributed by atoms with van der Waals surface area (Å²) in [6, 6.07) is 14.9. The molecule has 1 atom stereocenters. The van der Waals surface area contributed by atoms with Crippen LogP contribution in [0, 0.1) is 11.6 Å². The number of carbonyl (C=O) groups excluding carboxylic acids is 1. The van der Waals surface area contributed by atoms with Gasteiger partial charge in [-0.25, -0.2) is 8.78 Å². The number of halogens is 5. The van der Waals surface area contributed by atoms with E-state index in [2.05, 4.69) is 10.3 Å². The Morgan fingerprint density at radius 2 is 1.56 bits per heavy atom. The van der Waals surface area contributed by atoms with Crippen LogP contribution in [0.4, 0.5) is 27.6 Å². The van der Waals surface area contributed by atoms with Crippen LogP contribution >= 0.6 is 0 Å². The molecule has 36 heavy (non-hydrogen) atoms. The topological polar surface area (TPSA) is 42.0 Å². The minimum Gasteiger partial charge on any atom is -0.324 e. The number of rotatable bonds is 4. The van der Waals surface area contributed by atoms with Crippen molar-refractivity contribution in [3.63, 3.8) is 0 Å². The molecule has 5 rings (SSSR count). The molecular formula is C28H19F5N2O. The molecule has 1 unspecified atom stereocenters. The van der Waals surface area contributed by atoms with Gasteiger partial charge in [-0.2, -0.15) is 13.2 Å². The molecule has 1 amide bonds. The Morgan fingerprint density at radius 1 is 0.861 bits per heavy atom. The molecule has 0 fully saturated rings. The van der Waals surface area contributed by atoms with Crippen LogP contribution in [0.5, 0.6) is 0 Å². The summed E-state index contributed by atoms with van der Waals surface area (Å²) < 4.78 is 68.0. The molecule has 0 spiro atoms. The largest absolute Gasteiger partial charge is 0.416 e. The van der Waals surface area contributed by atoms with E-state index in [1.807, 2.05) is 0 Å². The molecule has 3 aromatic carbocycles. The molecule has 0 aliphatic carbocycles. The highest BCUT2D eigenvalue weighted by molar-refractivity contribution is 6.10. The van der Waals surface area contributed by atoms with Gasteiger partial charge in [0, 0.05) is 24.0 Å². The predicted octanol–water partition coefficient (Wildman–Crippen LogP) is 7.17. The summed E-state index contributed by atoms with van der Waals surface area (Å²) in [5, 5.41) is 2.89. The van der Waals surface area contributed by atoms with Gasteiger partial charge >= 0.3 is 6.18 Å². The number of hydrogen-bond acceptors (Lipinski definition) is 2. The number of carbonyl (C=O) groups is 1. The number of nitrogens with one attached hydrogen (secondary N) is 1. The molecule has 3 nitrogen and oxygen atoms in total. The van der Waals surface area contributed by atoms with Crippen molar-refractivity contribution in [3.05, 3.63) is 107 Å². The summed E-state index contributed by atoms with van der Waals surface area (Å²) in [6.45, 7) is 1.66. The number of amides is 1. The van der Waals surface area contributed by atoms with Gasteiger partial charge in [0.25, 0.3) is 0 Å². The zero-order valence-corrected chi connectivity index (χ0v) is 19.0. The second kappa shape index (κ2) is 8.55. The number of fused-ring (bicyclic) bond motifs is 1. The fourth-order valence-electron chi connectivity index (χ4n) is 4.68. The maximum absolute atomic E-state index is 13.9. The van der Waals surface area contributed by atoms with Crippen LogP contribution in [0.3, 0.4) is 0 Å². The molecule has 1 aromatic heterocycles. The summed E-state index contributed by atoms with van der Waals surface area (Å²) >= 11 is 0. The van der Waals surface area contributed by atoms with E-state index < -0.39 is 28.8 Å². The van der Waals surface area contributed by atoms with E-state index in [1.54, 1.807) is 49.6 Å². The Balaban J connectivity index is 1.72. The zero-order valence-electron chi connectivity index (χ0n) is 19.0. The molecule has 8 heteroatoms. The van der Waals surface area contributed by atoms with Crippen molar-refractivity contribution in [1.82, 2.24) is 4.98 Å². The lowest BCUT2D eigenvalue weighted by atomic mass is 9.76. The van der Waals surface area contributed by atoms with Gasteiger partial charge in [-0.05, 0) is 89.7 Å². The van der Waals surface area contributed by atoms with E-state index in [-0.39, 0.29) is 17.9 Å². The number of alkyl halides is 3. The van der Waals surface area contributed by atoms with Gasteiger partial charge in [-0.15, -0.1) is 0 Å². The molecule has 2 heterocycles. The minimum absolute atomic E-state index is 0.0116. The van der Waals surface area contributed by atoms with Crippen molar-refractivity contribution < 1.29 is 26.7 Å². The second-order valence-corrected chi connectivity index (χ2v) is 9.00. The van der Waals surface area contributed by atoms with E-state index in [0.29, 0.717) is 33.5 Å². The van der Waals surface area contributed by atoms with Gasteiger partial charge in [0.05, 0.1) is 16.7 Å². The van der Waals surface area contributed by atoms with Gasteiger partial charge in [0.2, 0.25) is 5.91 Å². The molecule has 182 valence electrons. The highest BCUT2D eigenvalue weighted by atomic mass is 19.4. The first kappa shape index (κ1) is 23.7.